The van der Waals surface area contributed by atoms with Gasteiger partial charge in [-0.2, -0.15) is 0 Å². The van der Waals surface area contributed by atoms with Gasteiger partial charge in [0.05, 0.1) is 16.5 Å². The van der Waals surface area contributed by atoms with Gasteiger partial charge in [0, 0.05) is 6.26 Å². The van der Waals surface area contributed by atoms with E-state index < -0.39 is 14.6 Å². The molecule has 1 fully saturated rings. The predicted octanol–water partition coefficient (Wildman–Crippen LogP) is 0.666. The van der Waals surface area contributed by atoms with E-state index in [2.05, 4.69) is 22.4 Å². The molecule has 0 heterocycles. The lowest BCUT2D eigenvalue weighted by Gasteiger charge is -2.06. The number of aliphatic imine (C=N–C) groups is 1. The van der Waals surface area contributed by atoms with Crippen LogP contribution in [0.2, 0.25) is 0 Å². The third kappa shape index (κ3) is 1.67. The topological polar surface area (TPSA) is 46.5 Å². The molecule has 0 aromatic carbocycles. The van der Waals surface area contributed by atoms with E-state index in [0.29, 0.717) is 12.8 Å². The molecule has 11 heavy (non-hydrogen) atoms. The van der Waals surface area contributed by atoms with Gasteiger partial charge in [-0.1, -0.05) is 0 Å². The molecule has 0 aromatic heterocycles. The molecule has 0 unspecified atom stereocenters. The van der Waals surface area contributed by atoms with Gasteiger partial charge in [0.25, 0.3) is 0 Å². The SMILES string of the molecule is CS(=O)(=O)C1(CN=C=S)CC1. The Bertz CT molecular complexity index is 297. The second-order valence-electron chi connectivity index (χ2n) is 2.86. The summed E-state index contributed by atoms with van der Waals surface area (Å²) >= 11 is 4.36. The van der Waals surface area contributed by atoms with E-state index in [-0.39, 0.29) is 6.54 Å². The molecular formula is C6H9NO2S2. The second-order valence-corrected chi connectivity index (χ2v) is 5.46. The molecule has 0 amide bonds. The highest BCUT2D eigenvalue weighted by Gasteiger charge is 2.51. The zero-order chi connectivity index (χ0) is 8.54. The average molecular weight is 191 g/mol. The summed E-state index contributed by atoms with van der Waals surface area (Å²) in [5, 5.41) is 2.18. The number of hydrogen-bond donors (Lipinski definition) is 0. The van der Waals surface area contributed by atoms with Crippen molar-refractivity contribution >= 4 is 27.2 Å². The summed E-state index contributed by atoms with van der Waals surface area (Å²) in [6.45, 7) is 0.287. The largest absolute Gasteiger partial charge is 0.231 e. The molecule has 62 valence electrons. The molecule has 1 aliphatic carbocycles. The molecule has 0 spiro atoms. The van der Waals surface area contributed by atoms with Crippen LogP contribution in [0.25, 0.3) is 0 Å². The van der Waals surface area contributed by atoms with Crippen molar-refractivity contribution in [1.82, 2.24) is 0 Å². The van der Waals surface area contributed by atoms with Crippen molar-refractivity contribution in [2.75, 3.05) is 12.8 Å². The van der Waals surface area contributed by atoms with Gasteiger partial charge in [-0.25, -0.2) is 13.4 Å². The third-order valence-corrected chi connectivity index (χ3v) is 4.27. The number of thiocarbonyl (C=S) groups is 1. The first-order chi connectivity index (χ1) is 5.02. The van der Waals surface area contributed by atoms with E-state index >= 15 is 0 Å². The summed E-state index contributed by atoms with van der Waals surface area (Å²) in [4.78, 5) is 3.66. The molecule has 1 saturated carbocycles. The Morgan fingerprint density at radius 2 is 2.18 bits per heavy atom. The molecule has 0 bridgehead atoms. The van der Waals surface area contributed by atoms with E-state index in [1.165, 1.54) is 6.26 Å². The summed E-state index contributed by atoms with van der Waals surface area (Å²) in [5.41, 5.74) is 0. The van der Waals surface area contributed by atoms with E-state index in [4.69, 9.17) is 0 Å². The van der Waals surface area contributed by atoms with Crippen LogP contribution in [-0.4, -0.2) is 31.1 Å². The minimum absolute atomic E-state index is 0.287. The lowest BCUT2D eigenvalue weighted by Crippen LogP contribution is -2.24. The number of nitrogens with zero attached hydrogens (tertiary/aromatic N) is 1. The second kappa shape index (κ2) is 2.66. The van der Waals surface area contributed by atoms with Crippen molar-refractivity contribution in [2.45, 2.75) is 17.6 Å². The highest BCUT2D eigenvalue weighted by Crippen LogP contribution is 2.43. The molecule has 0 radical (unpaired) electrons. The summed E-state index contributed by atoms with van der Waals surface area (Å²) < 4.78 is 21.6. The number of isothiocyanates is 1. The lowest BCUT2D eigenvalue weighted by atomic mass is 10.4. The van der Waals surface area contributed by atoms with Crippen molar-refractivity contribution < 1.29 is 8.42 Å². The molecule has 0 aromatic rings. The fraction of sp³-hybridized carbons (Fsp3) is 0.833. The molecule has 0 saturated heterocycles. The molecule has 0 aliphatic heterocycles. The van der Waals surface area contributed by atoms with Gasteiger partial charge < -0.3 is 0 Å². The number of rotatable bonds is 3. The monoisotopic (exact) mass is 191 g/mol. The molecule has 0 N–H and O–H groups in total. The van der Waals surface area contributed by atoms with Gasteiger partial charge in [0.15, 0.2) is 9.84 Å². The smallest absolute Gasteiger partial charge is 0.155 e. The Balaban J connectivity index is 2.77. The first-order valence-electron chi connectivity index (χ1n) is 3.25. The van der Waals surface area contributed by atoms with Gasteiger partial charge in [-0.15, -0.1) is 0 Å². The Labute approximate surface area is 71.4 Å². The summed E-state index contributed by atoms with van der Waals surface area (Å²) in [6.07, 6.45) is 2.68. The quantitative estimate of drug-likeness (QED) is 0.486. The van der Waals surface area contributed by atoms with Crippen LogP contribution in [0.1, 0.15) is 12.8 Å². The zero-order valence-electron chi connectivity index (χ0n) is 6.20. The normalized spacial score (nSPS) is 20.5. The van der Waals surface area contributed by atoms with Crippen LogP contribution in [-0.2, 0) is 9.84 Å². The van der Waals surface area contributed by atoms with E-state index in [9.17, 15) is 8.42 Å². The van der Waals surface area contributed by atoms with Crippen LogP contribution in [0, 0.1) is 0 Å². The zero-order valence-corrected chi connectivity index (χ0v) is 7.83. The van der Waals surface area contributed by atoms with Crippen molar-refractivity contribution in [3.63, 3.8) is 0 Å². The van der Waals surface area contributed by atoms with Gasteiger partial charge in [0.1, 0.15) is 0 Å². The van der Waals surface area contributed by atoms with Gasteiger partial charge in [-0.3, -0.25) is 0 Å². The van der Waals surface area contributed by atoms with Crippen LogP contribution < -0.4 is 0 Å². The minimum Gasteiger partial charge on any atom is -0.231 e. The molecule has 1 rings (SSSR count). The highest BCUT2D eigenvalue weighted by molar-refractivity contribution is 7.92. The lowest BCUT2D eigenvalue weighted by molar-refractivity contribution is 0.584. The fourth-order valence-electron chi connectivity index (χ4n) is 0.962. The van der Waals surface area contributed by atoms with Crippen molar-refractivity contribution in [3.8, 4) is 0 Å². The first kappa shape index (κ1) is 8.84. The maximum absolute atomic E-state index is 11.1. The molecule has 1 aliphatic rings. The standard InChI is InChI=1S/C6H9NO2S2/c1-11(8,9)6(2-3-6)4-7-5-10/h2-4H2,1H3. The third-order valence-electron chi connectivity index (χ3n) is 2.03. The van der Waals surface area contributed by atoms with E-state index in [1.807, 2.05) is 0 Å². The van der Waals surface area contributed by atoms with Crippen molar-refractivity contribution in [3.05, 3.63) is 0 Å². The van der Waals surface area contributed by atoms with Crippen LogP contribution in [0.3, 0.4) is 0 Å². The first-order valence-corrected chi connectivity index (χ1v) is 5.55. The Morgan fingerprint density at radius 1 is 1.64 bits per heavy atom. The van der Waals surface area contributed by atoms with Crippen LogP contribution in [0.5, 0.6) is 0 Å². The number of sulfone groups is 1. The Morgan fingerprint density at radius 3 is 2.45 bits per heavy atom. The summed E-state index contributed by atoms with van der Waals surface area (Å²) in [5.74, 6) is 0. The van der Waals surface area contributed by atoms with Gasteiger partial charge in [0.2, 0.25) is 0 Å². The highest BCUT2D eigenvalue weighted by atomic mass is 32.2. The molecule has 0 atom stereocenters. The number of hydrogen-bond acceptors (Lipinski definition) is 4. The predicted molar refractivity (Wildman–Crippen MR) is 46.7 cm³/mol. The van der Waals surface area contributed by atoms with Gasteiger partial charge in [-0.05, 0) is 25.1 Å². The summed E-state index contributed by atoms with van der Waals surface area (Å²) in [7, 11) is -2.94. The minimum atomic E-state index is -2.94. The van der Waals surface area contributed by atoms with Crippen LogP contribution >= 0.6 is 12.2 Å². The van der Waals surface area contributed by atoms with Crippen molar-refractivity contribution in [2.24, 2.45) is 4.99 Å². The van der Waals surface area contributed by atoms with Gasteiger partial charge >= 0.3 is 0 Å². The van der Waals surface area contributed by atoms with Crippen LogP contribution in [0.4, 0.5) is 0 Å². The Kier molecular flexibility index (Phi) is 2.14. The maximum atomic E-state index is 11.1. The molecule has 3 nitrogen and oxygen atoms in total. The van der Waals surface area contributed by atoms with Crippen molar-refractivity contribution in [1.29, 1.82) is 0 Å². The van der Waals surface area contributed by atoms with E-state index in [1.54, 1.807) is 0 Å². The Hall–Kier alpha value is -0.250. The molecular weight excluding hydrogens is 182 g/mol. The maximum Gasteiger partial charge on any atom is 0.155 e. The average Bonchev–Trinajstić information content (AvgIpc) is 2.61. The van der Waals surface area contributed by atoms with Crippen LogP contribution in [0.15, 0.2) is 4.99 Å². The van der Waals surface area contributed by atoms with E-state index in [0.717, 1.165) is 0 Å². The molecule has 5 heteroatoms. The summed E-state index contributed by atoms with van der Waals surface area (Å²) in [6, 6.07) is 0. The fourth-order valence-corrected chi connectivity index (χ4v) is 2.17.